The Bertz CT molecular complexity index is 1180. The first-order valence-corrected chi connectivity index (χ1v) is 12.1. The van der Waals surface area contributed by atoms with Gasteiger partial charge >= 0.3 is 5.97 Å². The number of anilines is 3. The molecule has 33 heavy (non-hydrogen) atoms. The summed E-state index contributed by atoms with van der Waals surface area (Å²) < 4.78 is 5.53. The van der Waals surface area contributed by atoms with E-state index >= 15 is 0 Å². The highest BCUT2D eigenvalue weighted by Gasteiger charge is 2.27. The van der Waals surface area contributed by atoms with Crippen molar-refractivity contribution in [3.63, 3.8) is 0 Å². The smallest absolute Gasteiger partial charge is 0.341 e. The molecular weight excluding hydrogens is 458 g/mol. The van der Waals surface area contributed by atoms with Crippen LogP contribution in [0.4, 0.5) is 15.8 Å². The van der Waals surface area contributed by atoms with Gasteiger partial charge in [-0.2, -0.15) is 0 Å². The van der Waals surface area contributed by atoms with Crippen LogP contribution >= 0.6 is 22.7 Å². The summed E-state index contributed by atoms with van der Waals surface area (Å²) in [6.07, 6.45) is 0. The van der Waals surface area contributed by atoms with Crippen LogP contribution in [-0.2, 0) is 20.9 Å². The minimum absolute atomic E-state index is 0.0448. The Labute approximate surface area is 201 Å². The fourth-order valence-electron chi connectivity index (χ4n) is 2.93. The molecular formula is C24H27N3O4S2. The Morgan fingerprint density at radius 2 is 1.79 bits per heavy atom. The molecule has 0 fully saturated rings. The summed E-state index contributed by atoms with van der Waals surface area (Å²) in [5.74, 6) is -0.864. The third-order valence-corrected chi connectivity index (χ3v) is 6.91. The number of aryl methyl sites for hydroxylation is 1. The van der Waals surface area contributed by atoms with Gasteiger partial charge in [0.1, 0.15) is 11.6 Å². The minimum atomic E-state index is -0.592. The standard InChI is InChI=1S/C24H27N3O4S2/c1-14-15(2)33-20(26-22(30)24(4,5)6)19(14)21(29)31-12-17-13-32-23(25-17)27(16(3)28)18-10-8-7-9-11-18/h7-11,13H,12H2,1-6H3,(H,26,30). The number of thiophene rings is 1. The molecule has 0 atom stereocenters. The van der Waals surface area contributed by atoms with Crippen molar-refractivity contribution in [3.05, 3.63) is 57.4 Å². The van der Waals surface area contributed by atoms with Crippen LogP contribution in [0.1, 0.15) is 54.2 Å². The summed E-state index contributed by atoms with van der Waals surface area (Å²) in [7, 11) is 0. The first kappa shape index (κ1) is 24.6. The van der Waals surface area contributed by atoms with Crippen LogP contribution in [0.2, 0.25) is 0 Å². The van der Waals surface area contributed by atoms with Crippen molar-refractivity contribution >= 4 is 56.3 Å². The summed E-state index contributed by atoms with van der Waals surface area (Å²) in [6, 6.07) is 9.24. The number of para-hydroxylation sites is 1. The molecule has 0 saturated carbocycles. The van der Waals surface area contributed by atoms with Crippen LogP contribution in [-0.4, -0.2) is 22.8 Å². The van der Waals surface area contributed by atoms with Crippen molar-refractivity contribution in [3.8, 4) is 0 Å². The summed E-state index contributed by atoms with van der Waals surface area (Å²) >= 11 is 2.65. The SMILES string of the molecule is CC(=O)N(c1ccccc1)c1nc(COC(=O)c2c(NC(=O)C(C)(C)C)sc(C)c2C)cs1. The van der Waals surface area contributed by atoms with Gasteiger partial charge in [0.2, 0.25) is 11.8 Å². The Kier molecular flexibility index (Phi) is 7.34. The highest BCUT2D eigenvalue weighted by molar-refractivity contribution is 7.16. The predicted octanol–water partition coefficient (Wildman–Crippen LogP) is 5.85. The van der Waals surface area contributed by atoms with E-state index in [1.54, 1.807) is 5.38 Å². The Balaban J connectivity index is 1.75. The second-order valence-electron chi connectivity index (χ2n) is 8.58. The van der Waals surface area contributed by atoms with E-state index in [9.17, 15) is 14.4 Å². The number of thiazole rings is 1. The molecule has 0 aliphatic rings. The number of benzene rings is 1. The van der Waals surface area contributed by atoms with Gasteiger partial charge in [0.25, 0.3) is 0 Å². The summed E-state index contributed by atoms with van der Waals surface area (Å²) in [4.78, 5) is 44.5. The molecule has 2 amide bonds. The average Bonchev–Trinajstić information content (AvgIpc) is 3.30. The minimum Gasteiger partial charge on any atom is -0.455 e. The van der Waals surface area contributed by atoms with E-state index in [1.165, 1.54) is 34.5 Å². The molecule has 1 N–H and O–H groups in total. The van der Waals surface area contributed by atoms with Gasteiger partial charge in [-0.15, -0.1) is 22.7 Å². The highest BCUT2D eigenvalue weighted by Crippen LogP contribution is 2.35. The molecule has 2 aromatic heterocycles. The molecule has 1 aromatic carbocycles. The van der Waals surface area contributed by atoms with E-state index in [2.05, 4.69) is 10.3 Å². The number of nitrogens with zero attached hydrogens (tertiary/aromatic N) is 2. The fourth-order valence-corrected chi connectivity index (χ4v) is 4.85. The molecule has 0 aliphatic carbocycles. The normalized spacial score (nSPS) is 11.2. The third-order valence-electron chi connectivity index (χ3n) is 4.91. The Morgan fingerprint density at radius 1 is 1.12 bits per heavy atom. The van der Waals surface area contributed by atoms with Crippen LogP contribution in [0.15, 0.2) is 35.7 Å². The number of ether oxygens (including phenoxy) is 1. The molecule has 0 unspecified atom stereocenters. The summed E-state index contributed by atoms with van der Waals surface area (Å²) in [6.45, 7) is 10.6. The topological polar surface area (TPSA) is 88.6 Å². The van der Waals surface area contributed by atoms with Gasteiger partial charge in [-0.3, -0.25) is 14.5 Å². The van der Waals surface area contributed by atoms with Crippen molar-refractivity contribution in [1.82, 2.24) is 4.98 Å². The third kappa shape index (κ3) is 5.66. The van der Waals surface area contributed by atoms with Crippen LogP contribution in [0.3, 0.4) is 0 Å². The van der Waals surface area contributed by atoms with Gasteiger partial charge < -0.3 is 10.1 Å². The number of carbonyl (C=O) groups is 3. The van der Waals surface area contributed by atoms with Gasteiger partial charge in [-0.05, 0) is 31.5 Å². The van der Waals surface area contributed by atoms with Crippen LogP contribution in [0.5, 0.6) is 0 Å². The zero-order valence-corrected chi connectivity index (χ0v) is 21.1. The second kappa shape index (κ2) is 9.84. The zero-order valence-electron chi connectivity index (χ0n) is 19.5. The predicted molar refractivity (Wildman–Crippen MR) is 132 cm³/mol. The number of nitrogens with one attached hydrogen (secondary N) is 1. The van der Waals surface area contributed by atoms with Crippen LogP contribution < -0.4 is 10.2 Å². The first-order chi connectivity index (χ1) is 15.5. The number of esters is 1. The second-order valence-corrected chi connectivity index (χ2v) is 10.6. The molecule has 3 rings (SSSR count). The molecule has 0 radical (unpaired) electrons. The summed E-state index contributed by atoms with van der Waals surface area (Å²) in [5.41, 5.74) is 1.80. The van der Waals surface area contributed by atoms with E-state index in [-0.39, 0.29) is 18.4 Å². The average molecular weight is 486 g/mol. The van der Waals surface area contributed by atoms with E-state index in [0.29, 0.717) is 27.1 Å². The molecule has 7 nitrogen and oxygen atoms in total. The maximum atomic E-state index is 12.9. The number of hydrogen-bond donors (Lipinski definition) is 1. The van der Waals surface area contributed by atoms with Crippen molar-refractivity contribution in [2.45, 2.75) is 48.1 Å². The molecule has 3 aromatic rings. The van der Waals surface area contributed by atoms with Gasteiger partial charge in [-0.25, -0.2) is 9.78 Å². The van der Waals surface area contributed by atoms with Gasteiger partial charge in [0.05, 0.1) is 16.9 Å². The lowest BCUT2D eigenvalue weighted by Gasteiger charge is -2.17. The summed E-state index contributed by atoms with van der Waals surface area (Å²) in [5, 5.41) is 5.61. The maximum absolute atomic E-state index is 12.9. The molecule has 0 bridgehead atoms. The number of aromatic nitrogens is 1. The maximum Gasteiger partial charge on any atom is 0.341 e. The number of carbonyl (C=O) groups excluding carboxylic acids is 3. The lowest BCUT2D eigenvalue weighted by molar-refractivity contribution is -0.123. The van der Waals surface area contributed by atoms with E-state index in [1.807, 2.05) is 65.0 Å². The first-order valence-electron chi connectivity index (χ1n) is 10.4. The fraction of sp³-hybridized carbons (Fsp3) is 0.333. The van der Waals surface area contributed by atoms with E-state index in [0.717, 1.165) is 10.4 Å². The van der Waals surface area contributed by atoms with Crippen LogP contribution in [0.25, 0.3) is 0 Å². The number of amides is 2. The van der Waals surface area contributed by atoms with Crippen LogP contribution in [0, 0.1) is 19.3 Å². The largest absolute Gasteiger partial charge is 0.455 e. The lowest BCUT2D eigenvalue weighted by atomic mass is 9.96. The van der Waals surface area contributed by atoms with Crippen molar-refractivity contribution in [2.75, 3.05) is 10.2 Å². The van der Waals surface area contributed by atoms with Gasteiger partial charge in [0.15, 0.2) is 5.13 Å². The van der Waals surface area contributed by atoms with Gasteiger partial charge in [-0.1, -0.05) is 39.0 Å². The Hall–Kier alpha value is -3.04. The quantitative estimate of drug-likeness (QED) is 0.443. The van der Waals surface area contributed by atoms with Crippen molar-refractivity contribution in [1.29, 1.82) is 0 Å². The molecule has 0 spiro atoms. The molecule has 9 heteroatoms. The van der Waals surface area contributed by atoms with E-state index < -0.39 is 11.4 Å². The van der Waals surface area contributed by atoms with E-state index in [4.69, 9.17) is 4.74 Å². The Morgan fingerprint density at radius 3 is 2.39 bits per heavy atom. The molecule has 0 aliphatic heterocycles. The van der Waals surface area contributed by atoms with Crippen molar-refractivity contribution < 1.29 is 19.1 Å². The number of hydrogen-bond acceptors (Lipinski definition) is 7. The van der Waals surface area contributed by atoms with Crippen molar-refractivity contribution in [2.24, 2.45) is 5.41 Å². The zero-order chi connectivity index (χ0) is 24.3. The lowest BCUT2D eigenvalue weighted by Crippen LogP contribution is -2.28. The monoisotopic (exact) mass is 485 g/mol. The molecule has 2 heterocycles. The molecule has 174 valence electrons. The number of rotatable bonds is 6. The van der Waals surface area contributed by atoms with Gasteiger partial charge in [0, 0.05) is 22.6 Å². The molecule has 0 saturated heterocycles. The highest BCUT2D eigenvalue weighted by atomic mass is 32.1.